The second kappa shape index (κ2) is 5.69. The van der Waals surface area contributed by atoms with Crippen molar-refractivity contribution in [2.24, 2.45) is 0 Å². The topological polar surface area (TPSA) is 46.2 Å². The summed E-state index contributed by atoms with van der Waals surface area (Å²) in [6.45, 7) is 1.79. The Morgan fingerprint density at radius 2 is 1.62 bits per heavy atom. The van der Waals surface area contributed by atoms with Crippen molar-refractivity contribution in [2.75, 3.05) is 4.72 Å². The van der Waals surface area contributed by atoms with Crippen LogP contribution in [0, 0.1) is 24.4 Å². The van der Waals surface area contributed by atoms with E-state index in [-0.39, 0.29) is 5.69 Å². The average molecular weight is 380 g/mol. The Kier molecular flexibility index (Phi) is 4.29. The molecule has 1 N–H and O–H groups in total. The summed E-state index contributed by atoms with van der Waals surface area (Å²) < 4.78 is 66.5. The van der Waals surface area contributed by atoms with E-state index in [0.29, 0.717) is 16.6 Å². The fourth-order valence-electron chi connectivity index (χ4n) is 1.68. The molecule has 0 radical (unpaired) electrons. The van der Waals surface area contributed by atoms with Gasteiger partial charge in [-0.3, -0.25) is 4.72 Å². The maximum absolute atomic E-state index is 13.6. The van der Waals surface area contributed by atoms with Crippen LogP contribution in [0.5, 0.6) is 0 Å². The molecule has 0 aliphatic carbocycles. The number of benzene rings is 2. The molecule has 2 aromatic carbocycles. The number of halogens is 4. The number of aryl methyl sites for hydroxylation is 1. The Morgan fingerprint density at radius 1 is 1.05 bits per heavy atom. The van der Waals surface area contributed by atoms with Gasteiger partial charge in [0.25, 0.3) is 10.0 Å². The molecule has 0 aliphatic heterocycles. The van der Waals surface area contributed by atoms with E-state index in [9.17, 15) is 21.6 Å². The molecule has 0 saturated heterocycles. The van der Waals surface area contributed by atoms with Gasteiger partial charge in [-0.25, -0.2) is 21.6 Å². The summed E-state index contributed by atoms with van der Waals surface area (Å²) in [5, 5.41) is 0. The fourth-order valence-corrected chi connectivity index (χ4v) is 3.61. The highest BCUT2D eigenvalue weighted by molar-refractivity contribution is 9.10. The van der Waals surface area contributed by atoms with Crippen LogP contribution in [0.4, 0.5) is 18.9 Å². The number of hydrogen-bond donors (Lipinski definition) is 1. The zero-order valence-corrected chi connectivity index (χ0v) is 13.0. The minimum atomic E-state index is -4.52. The standard InChI is InChI=1S/C13H9BrF3NO2S/c1-7-2-3-12(9(14)4-7)18-21(19,20)13-10(16)5-8(15)6-11(13)17/h2-6,18H,1H3. The first kappa shape index (κ1) is 15.8. The minimum absolute atomic E-state index is 0.115. The number of nitrogens with one attached hydrogen (secondary N) is 1. The van der Waals surface area contributed by atoms with Crippen molar-refractivity contribution < 1.29 is 21.6 Å². The zero-order valence-electron chi connectivity index (χ0n) is 10.6. The van der Waals surface area contributed by atoms with Gasteiger partial charge in [0, 0.05) is 16.6 Å². The molecular weight excluding hydrogens is 371 g/mol. The Bertz CT molecular complexity index is 786. The molecule has 0 saturated carbocycles. The Hall–Kier alpha value is -1.54. The number of rotatable bonds is 3. The normalized spacial score (nSPS) is 11.5. The summed E-state index contributed by atoms with van der Waals surface area (Å²) in [6, 6.07) is 5.31. The summed E-state index contributed by atoms with van der Waals surface area (Å²) in [6.07, 6.45) is 0. The van der Waals surface area contributed by atoms with Crippen LogP contribution in [0.3, 0.4) is 0 Å². The summed E-state index contributed by atoms with van der Waals surface area (Å²) in [4.78, 5) is -1.23. The first-order valence-corrected chi connectivity index (χ1v) is 7.92. The monoisotopic (exact) mass is 379 g/mol. The second-order valence-corrected chi connectivity index (χ2v) is 6.76. The molecule has 3 nitrogen and oxygen atoms in total. The van der Waals surface area contributed by atoms with Crippen LogP contribution in [0.2, 0.25) is 0 Å². The average Bonchev–Trinajstić information content (AvgIpc) is 2.30. The van der Waals surface area contributed by atoms with E-state index in [4.69, 9.17) is 0 Å². The Labute approximate surface area is 128 Å². The summed E-state index contributed by atoms with van der Waals surface area (Å²) in [7, 11) is -4.52. The van der Waals surface area contributed by atoms with Crippen molar-refractivity contribution >= 4 is 31.6 Å². The summed E-state index contributed by atoms with van der Waals surface area (Å²) in [5.74, 6) is -4.19. The Morgan fingerprint density at radius 3 is 2.14 bits per heavy atom. The lowest BCUT2D eigenvalue weighted by molar-refractivity contribution is 0.498. The van der Waals surface area contributed by atoms with Crippen molar-refractivity contribution in [1.29, 1.82) is 0 Å². The molecule has 2 aromatic rings. The van der Waals surface area contributed by atoms with E-state index in [0.717, 1.165) is 5.56 Å². The number of hydrogen-bond acceptors (Lipinski definition) is 2. The summed E-state index contributed by atoms with van der Waals surface area (Å²) >= 11 is 3.15. The van der Waals surface area contributed by atoms with Gasteiger partial charge >= 0.3 is 0 Å². The van der Waals surface area contributed by atoms with Gasteiger partial charge in [0.05, 0.1) is 5.69 Å². The molecule has 0 atom stereocenters. The maximum Gasteiger partial charge on any atom is 0.267 e. The highest BCUT2D eigenvalue weighted by Gasteiger charge is 2.25. The molecule has 0 amide bonds. The molecule has 2 rings (SSSR count). The molecular formula is C13H9BrF3NO2S. The smallest absolute Gasteiger partial charge is 0.267 e. The molecule has 0 unspecified atom stereocenters. The second-order valence-electron chi connectivity index (χ2n) is 4.29. The van der Waals surface area contributed by atoms with Gasteiger partial charge in [-0.2, -0.15) is 0 Å². The third kappa shape index (κ3) is 3.38. The van der Waals surface area contributed by atoms with Crippen molar-refractivity contribution in [1.82, 2.24) is 0 Å². The van der Waals surface area contributed by atoms with Gasteiger partial charge < -0.3 is 0 Å². The predicted octanol–water partition coefficient (Wildman–Crippen LogP) is 3.98. The third-order valence-electron chi connectivity index (χ3n) is 2.60. The molecule has 0 spiro atoms. The lowest BCUT2D eigenvalue weighted by atomic mass is 10.2. The van der Waals surface area contributed by atoms with E-state index >= 15 is 0 Å². The first-order chi connectivity index (χ1) is 9.70. The molecule has 0 bridgehead atoms. The minimum Gasteiger partial charge on any atom is -0.278 e. The fraction of sp³-hybridized carbons (Fsp3) is 0.0769. The van der Waals surface area contributed by atoms with E-state index in [1.165, 1.54) is 6.07 Å². The van der Waals surface area contributed by atoms with Crippen LogP contribution in [-0.4, -0.2) is 8.42 Å². The van der Waals surface area contributed by atoms with Crippen LogP contribution in [0.1, 0.15) is 5.56 Å². The molecule has 0 heterocycles. The highest BCUT2D eigenvalue weighted by atomic mass is 79.9. The molecule has 0 aliphatic rings. The third-order valence-corrected chi connectivity index (χ3v) is 4.67. The highest BCUT2D eigenvalue weighted by Crippen LogP contribution is 2.28. The first-order valence-electron chi connectivity index (χ1n) is 5.64. The lowest BCUT2D eigenvalue weighted by Gasteiger charge is -2.11. The summed E-state index contributed by atoms with van der Waals surface area (Å²) in [5.41, 5.74) is 0.979. The van der Waals surface area contributed by atoms with Crippen LogP contribution < -0.4 is 4.72 Å². The number of sulfonamides is 1. The van der Waals surface area contributed by atoms with E-state index in [2.05, 4.69) is 20.7 Å². The largest absolute Gasteiger partial charge is 0.278 e. The van der Waals surface area contributed by atoms with Crippen molar-refractivity contribution in [3.05, 3.63) is 57.8 Å². The van der Waals surface area contributed by atoms with Crippen LogP contribution in [0.25, 0.3) is 0 Å². The van der Waals surface area contributed by atoms with Gasteiger partial charge in [-0.1, -0.05) is 6.07 Å². The van der Waals surface area contributed by atoms with E-state index in [1.807, 2.05) is 0 Å². The van der Waals surface area contributed by atoms with Gasteiger partial charge in [-0.05, 0) is 40.5 Å². The molecule has 21 heavy (non-hydrogen) atoms. The maximum atomic E-state index is 13.6. The molecule has 0 aromatic heterocycles. The SMILES string of the molecule is Cc1ccc(NS(=O)(=O)c2c(F)cc(F)cc2F)c(Br)c1. The quantitative estimate of drug-likeness (QED) is 0.876. The van der Waals surface area contributed by atoms with Crippen LogP contribution >= 0.6 is 15.9 Å². The molecule has 8 heteroatoms. The zero-order chi connectivity index (χ0) is 15.8. The van der Waals surface area contributed by atoms with E-state index < -0.39 is 32.4 Å². The predicted molar refractivity (Wildman–Crippen MR) is 76.0 cm³/mol. The van der Waals surface area contributed by atoms with Gasteiger partial charge in [-0.15, -0.1) is 0 Å². The molecule has 112 valence electrons. The number of anilines is 1. The van der Waals surface area contributed by atoms with Crippen molar-refractivity contribution in [3.8, 4) is 0 Å². The van der Waals surface area contributed by atoms with Crippen LogP contribution in [-0.2, 0) is 10.0 Å². The lowest BCUT2D eigenvalue weighted by Crippen LogP contribution is -2.17. The van der Waals surface area contributed by atoms with Gasteiger partial charge in [0.2, 0.25) is 0 Å². The van der Waals surface area contributed by atoms with Crippen LogP contribution in [0.15, 0.2) is 39.7 Å². The van der Waals surface area contributed by atoms with Gasteiger partial charge in [0.15, 0.2) is 4.90 Å². The van der Waals surface area contributed by atoms with E-state index in [1.54, 1.807) is 19.1 Å². The Balaban J connectivity index is 2.48. The molecule has 0 fully saturated rings. The van der Waals surface area contributed by atoms with Crippen molar-refractivity contribution in [2.45, 2.75) is 11.8 Å². The van der Waals surface area contributed by atoms with Crippen molar-refractivity contribution in [3.63, 3.8) is 0 Å². The van der Waals surface area contributed by atoms with Gasteiger partial charge in [0.1, 0.15) is 17.5 Å².